The summed E-state index contributed by atoms with van der Waals surface area (Å²) >= 11 is 0. The van der Waals surface area contributed by atoms with Gasteiger partial charge in [-0.1, -0.05) is 141 Å². The molecule has 11 atom stereocenters. The minimum atomic E-state index is -4.58. The molecule has 0 radical (unpaired) electrons. The summed E-state index contributed by atoms with van der Waals surface area (Å²) in [6.07, 6.45) is -11.5. The van der Waals surface area contributed by atoms with Gasteiger partial charge in [0.2, 0.25) is 6.10 Å². The van der Waals surface area contributed by atoms with Crippen LogP contribution >= 0.6 is 7.82 Å². The van der Waals surface area contributed by atoms with Crippen molar-refractivity contribution in [2.75, 3.05) is 20.0 Å². The van der Waals surface area contributed by atoms with E-state index in [9.17, 15) is 28.8 Å². The van der Waals surface area contributed by atoms with Gasteiger partial charge < -0.3 is 48.3 Å². The van der Waals surface area contributed by atoms with Crippen LogP contribution in [0, 0.1) is 22.7 Å². The van der Waals surface area contributed by atoms with Crippen LogP contribution in [-0.4, -0.2) is 115 Å². The van der Waals surface area contributed by atoms with Crippen molar-refractivity contribution in [2.45, 2.75) is 134 Å². The summed E-state index contributed by atoms with van der Waals surface area (Å²) in [5.74, 6) is -7.66. The van der Waals surface area contributed by atoms with Crippen LogP contribution in [0.4, 0.5) is 4.79 Å². The molecule has 4 fully saturated rings. The first-order valence-corrected chi connectivity index (χ1v) is 31.0. The minimum Gasteiger partial charge on any atom is -0.455 e. The zero-order chi connectivity index (χ0) is 63.3. The van der Waals surface area contributed by atoms with Gasteiger partial charge in [0.05, 0.1) is 55.3 Å². The predicted octanol–water partition coefficient (Wildman–Crippen LogP) is 9.85. The van der Waals surface area contributed by atoms with Crippen molar-refractivity contribution in [3.8, 4) is 0 Å². The molecule has 21 nitrogen and oxygen atoms in total. The molecule has 89 heavy (non-hydrogen) atoms. The maximum Gasteiger partial charge on any atom is 0.509 e. The van der Waals surface area contributed by atoms with E-state index in [4.69, 9.17) is 51.5 Å². The zero-order valence-electron chi connectivity index (χ0n) is 50.1. The Bertz CT molecular complexity index is 3430. The summed E-state index contributed by atoms with van der Waals surface area (Å²) in [6.45, 7) is 6.83. The third-order valence-corrected chi connectivity index (χ3v) is 19.0. The number of aliphatic hydroxyl groups is 1. The normalized spacial score (nSPS) is 26.6. The average Bonchev–Trinajstić information content (AvgIpc) is 0.942. The Balaban J connectivity index is 1.11. The number of phosphoric acid groups is 1. The topological polar surface area (TPSA) is 270 Å². The van der Waals surface area contributed by atoms with E-state index in [1.807, 2.05) is 0 Å². The number of ether oxygens (including phenoxy) is 8. The molecule has 5 aliphatic rings. The predicted molar refractivity (Wildman–Crippen MR) is 316 cm³/mol. The van der Waals surface area contributed by atoms with Gasteiger partial charge in [-0.25, -0.2) is 18.9 Å². The lowest BCUT2D eigenvalue weighted by Crippen LogP contribution is -2.82. The fraction of sp³-hybridized carbons (Fsp3) is 0.418. The average molecular weight is 1240 g/mol. The Morgan fingerprint density at radius 2 is 1.30 bits per heavy atom. The SMILES string of the molecule is CCOC(=O)O[C@@H](C(=O)OC1C[C@@]2(O)[C@@H](OC(=O)c3ccccc3)C3[C@](C)(C(=O)[C@H](OC(C)=O)C(=C1C)C2(C)C)[C@@H](OCOP(=O)(OCc1ccccc1)OCc1ccccc1)C[C@H]1OC[C@@]31OC(=O)C1CC1)[C@@H](NC(=O)c1ccccc1)c1ccccc1. The molecule has 1 saturated heterocycles. The van der Waals surface area contributed by atoms with E-state index >= 15 is 14.4 Å². The lowest BCUT2D eigenvalue weighted by atomic mass is 9.44. The van der Waals surface area contributed by atoms with Crippen molar-refractivity contribution >= 4 is 49.5 Å². The number of ketones is 1. The Hall–Kier alpha value is -7.88. The summed E-state index contributed by atoms with van der Waals surface area (Å²) in [7, 11) is -4.58. The van der Waals surface area contributed by atoms with E-state index in [0.29, 0.717) is 29.5 Å². The number of rotatable bonds is 23. The number of hydrogen-bond donors (Lipinski definition) is 2. The zero-order valence-corrected chi connectivity index (χ0v) is 51.0. The maximum absolute atomic E-state index is 16.8. The number of Topliss-reactive ketones (excluding diaryl/α,β-unsaturated/α-hetero) is 1. The molecule has 2 N–H and O–H groups in total. The Kier molecular flexibility index (Phi) is 19.2. The standard InChI is InChI=1S/C67H72NO20P/c1-7-78-63(75)86-55(53(45-27-17-10-18-28-45)68-59(71)46-29-19-11-20-30-46)62(74)85-49-36-67(76)58(87-60(72)47-31-21-12-22-32-47)56-65(6,57(70)54(84-42(3)69)52(41(49)2)64(67,4)5)50(35-51-66(56,39-79-51)88-61(73)48-33-34-48)80-40-83-89(77,81-37-43-23-13-8-14-24-43)82-38-44-25-15-9-16-26-44/h8-32,48-51,53-56,58,76H,7,33-40H2,1-6H3,(H,68,71)/t49?,50-,51+,53-,54+,55+,56?,58-,65+,66-,67+/m0/s1. The quantitative estimate of drug-likeness (QED) is 0.0202. The molecule has 5 aromatic carbocycles. The molecule has 2 bridgehead atoms. The van der Waals surface area contributed by atoms with Gasteiger partial charge in [-0.2, -0.15) is 0 Å². The number of carbonyl (C=O) groups is 7. The molecule has 22 heteroatoms. The number of amides is 1. The monoisotopic (exact) mass is 1240 g/mol. The van der Waals surface area contributed by atoms with Gasteiger partial charge >= 0.3 is 37.9 Å². The summed E-state index contributed by atoms with van der Waals surface area (Å²) in [4.78, 5) is 103. The van der Waals surface area contributed by atoms with Gasteiger partial charge in [0.15, 0.2) is 24.3 Å². The van der Waals surface area contributed by atoms with E-state index in [2.05, 4.69) is 5.32 Å². The molecule has 0 spiro atoms. The number of benzene rings is 5. The Morgan fingerprint density at radius 1 is 0.742 bits per heavy atom. The van der Waals surface area contributed by atoms with Crippen LogP contribution in [0.1, 0.15) is 111 Å². The molecular formula is C67H72NO20P. The highest BCUT2D eigenvalue weighted by atomic mass is 31.2. The van der Waals surface area contributed by atoms with E-state index in [-0.39, 0.29) is 55.1 Å². The second kappa shape index (κ2) is 26.7. The molecule has 1 heterocycles. The Morgan fingerprint density at radius 3 is 1.84 bits per heavy atom. The van der Waals surface area contributed by atoms with E-state index in [0.717, 1.165) is 6.92 Å². The van der Waals surface area contributed by atoms with Crippen LogP contribution in [0.3, 0.4) is 0 Å². The molecule has 1 aliphatic heterocycles. The lowest BCUT2D eigenvalue weighted by Gasteiger charge is -2.67. The van der Waals surface area contributed by atoms with Crippen molar-refractivity contribution in [3.05, 3.63) is 191 Å². The molecule has 0 aromatic heterocycles. The molecule has 3 saturated carbocycles. The highest BCUT2D eigenvalue weighted by molar-refractivity contribution is 7.48. The van der Waals surface area contributed by atoms with E-state index in [1.54, 1.807) is 153 Å². The van der Waals surface area contributed by atoms with Crippen molar-refractivity contribution in [1.82, 2.24) is 5.32 Å². The second-order valence-electron chi connectivity index (χ2n) is 23.6. The van der Waals surface area contributed by atoms with Gasteiger partial charge in [-0.3, -0.25) is 32.7 Å². The molecule has 4 aliphatic carbocycles. The maximum atomic E-state index is 16.8. The van der Waals surface area contributed by atoms with Crippen molar-refractivity contribution in [2.24, 2.45) is 22.7 Å². The van der Waals surface area contributed by atoms with Crippen molar-refractivity contribution in [1.29, 1.82) is 0 Å². The number of hydrogen-bond acceptors (Lipinski definition) is 20. The molecular weight excluding hydrogens is 1170 g/mol. The molecule has 2 unspecified atom stereocenters. The summed E-state index contributed by atoms with van der Waals surface area (Å²) in [6, 6.07) is 40.3. The van der Waals surface area contributed by atoms with Gasteiger partial charge in [-0.15, -0.1) is 0 Å². The van der Waals surface area contributed by atoms with Gasteiger partial charge in [0.25, 0.3) is 5.91 Å². The van der Waals surface area contributed by atoms with Gasteiger partial charge in [-0.05, 0) is 85.7 Å². The Labute approximate surface area is 515 Å². The summed E-state index contributed by atoms with van der Waals surface area (Å²) < 4.78 is 82.6. The number of nitrogens with one attached hydrogen (secondary N) is 1. The number of esters is 4. The summed E-state index contributed by atoms with van der Waals surface area (Å²) in [5.41, 5.74) is -6.71. The van der Waals surface area contributed by atoms with Crippen molar-refractivity contribution < 1.29 is 94.7 Å². The first kappa shape index (κ1) is 64.1. The van der Waals surface area contributed by atoms with Gasteiger partial charge in [0, 0.05) is 30.7 Å². The first-order chi connectivity index (χ1) is 42.6. The lowest BCUT2D eigenvalue weighted by molar-refractivity contribution is -0.351. The molecule has 470 valence electrons. The largest absolute Gasteiger partial charge is 0.509 e. The first-order valence-electron chi connectivity index (χ1n) is 29.6. The smallest absolute Gasteiger partial charge is 0.455 e. The number of phosphoric ester groups is 1. The van der Waals surface area contributed by atoms with Crippen molar-refractivity contribution in [3.63, 3.8) is 0 Å². The van der Waals surface area contributed by atoms with Crippen LogP contribution < -0.4 is 5.32 Å². The van der Waals surface area contributed by atoms with Crippen LogP contribution in [0.15, 0.2) is 163 Å². The van der Waals surface area contributed by atoms with Crippen LogP contribution in [0.5, 0.6) is 0 Å². The molecule has 5 aromatic rings. The third-order valence-electron chi connectivity index (χ3n) is 17.7. The number of fused-ring (bicyclic) bond motifs is 5. The third kappa shape index (κ3) is 13.2. The van der Waals surface area contributed by atoms with Gasteiger partial charge in [0.1, 0.15) is 30.0 Å². The van der Waals surface area contributed by atoms with Crippen LogP contribution in [-0.2, 0) is 88.4 Å². The molecule has 1 amide bonds. The van der Waals surface area contributed by atoms with E-state index < -0.39 is 139 Å². The highest BCUT2D eigenvalue weighted by Gasteiger charge is 2.79. The van der Waals surface area contributed by atoms with Crippen LogP contribution in [0.2, 0.25) is 0 Å². The molecule has 10 rings (SSSR count). The minimum absolute atomic E-state index is 0.0141. The highest BCUT2D eigenvalue weighted by Crippen LogP contribution is 2.65. The summed E-state index contributed by atoms with van der Waals surface area (Å²) in [5, 5.41) is 17.3. The van der Waals surface area contributed by atoms with Crippen LogP contribution in [0.25, 0.3) is 0 Å². The fourth-order valence-corrected chi connectivity index (χ4v) is 13.9. The second-order valence-corrected chi connectivity index (χ2v) is 25.3. The fourth-order valence-electron chi connectivity index (χ4n) is 12.8. The number of carbonyl (C=O) groups excluding carboxylic acids is 7. The van der Waals surface area contributed by atoms with E-state index in [1.165, 1.54) is 32.9 Å².